The minimum atomic E-state index is -0.354. The second kappa shape index (κ2) is 9.28. The van der Waals surface area contributed by atoms with Crippen molar-refractivity contribution in [3.05, 3.63) is 95.9 Å². The highest BCUT2D eigenvalue weighted by Gasteiger charge is 2.13. The van der Waals surface area contributed by atoms with Gasteiger partial charge in [0, 0.05) is 10.5 Å². The summed E-state index contributed by atoms with van der Waals surface area (Å²) in [5, 5.41) is 10.6. The maximum atomic E-state index is 12.6. The Morgan fingerprint density at radius 3 is 2.50 bits per heavy atom. The SMILES string of the molecule is CSc1ccc(Cc2nnc(NC(=O)c3cccc(Oc4ccccc4)c3)o2)cc1. The van der Waals surface area contributed by atoms with Crippen molar-refractivity contribution in [2.75, 3.05) is 11.6 Å². The number of carbonyl (C=O) groups is 1. The summed E-state index contributed by atoms with van der Waals surface area (Å²) >= 11 is 1.69. The Morgan fingerprint density at radius 1 is 0.967 bits per heavy atom. The molecule has 1 heterocycles. The smallest absolute Gasteiger partial charge is 0.322 e. The van der Waals surface area contributed by atoms with Gasteiger partial charge in [0.15, 0.2) is 0 Å². The third-order valence-electron chi connectivity index (χ3n) is 4.28. The van der Waals surface area contributed by atoms with E-state index in [1.807, 2.05) is 60.9 Å². The molecule has 0 aliphatic rings. The summed E-state index contributed by atoms with van der Waals surface area (Å²) in [6, 6.07) is 24.5. The molecule has 150 valence electrons. The van der Waals surface area contributed by atoms with E-state index in [9.17, 15) is 4.79 Å². The van der Waals surface area contributed by atoms with Crippen LogP contribution in [0.2, 0.25) is 0 Å². The Hall–Kier alpha value is -3.58. The number of hydrogen-bond donors (Lipinski definition) is 1. The largest absolute Gasteiger partial charge is 0.457 e. The van der Waals surface area contributed by atoms with Crippen molar-refractivity contribution in [1.82, 2.24) is 10.2 Å². The maximum Gasteiger partial charge on any atom is 0.322 e. The molecule has 4 rings (SSSR count). The maximum absolute atomic E-state index is 12.6. The molecule has 7 heteroatoms. The number of hydrogen-bond acceptors (Lipinski definition) is 6. The highest BCUT2D eigenvalue weighted by Crippen LogP contribution is 2.22. The Kier molecular flexibility index (Phi) is 6.10. The van der Waals surface area contributed by atoms with Crippen LogP contribution in [-0.4, -0.2) is 22.4 Å². The van der Waals surface area contributed by atoms with Crippen LogP contribution in [0, 0.1) is 0 Å². The van der Waals surface area contributed by atoms with Crippen LogP contribution in [0.1, 0.15) is 21.8 Å². The number of ether oxygens (including phenoxy) is 1. The van der Waals surface area contributed by atoms with Crippen molar-refractivity contribution in [3.8, 4) is 11.5 Å². The molecule has 0 unspecified atom stereocenters. The third kappa shape index (κ3) is 5.07. The molecular weight excluding hydrogens is 398 g/mol. The Labute approximate surface area is 178 Å². The number of nitrogens with one attached hydrogen (secondary N) is 1. The molecule has 0 radical (unpaired) electrons. The van der Waals surface area contributed by atoms with E-state index in [0.29, 0.717) is 29.4 Å². The first-order chi connectivity index (χ1) is 14.7. The van der Waals surface area contributed by atoms with Crippen LogP contribution >= 0.6 is 11.8 Å². The van der Waals surface area contributed by atoms with Crippen LogP contribution in [0.4, 0.5) is 6.01 Å². The number of nitrogens with zero attached hydrogens (tertiary/aromatic N) is 2. The number of thioether (sulfide) groups is 1. The van der Waals surface area contributed by atoms with Gasteiger partial charge in [0.05, 0.1) is 6.42 Å². The first kappa shape index (κ1) is 19.7. The van der Waals surface area contributed by atoms with Crippen LogP contribution in [0.3, 0.4) is 0 Å². The topological polar surface area (TPSA) is 77.2 Å². The monoisotopic (exact) mass is 417 g/mol. The van der Waals surface area contributed by atoms with Crippen molar-refractivity contribution in [3.63, 3.8) is 0 Å². The van der Waals surface area contributed by atoms with Crippen LogP contribution < -0.4 is 10.1 Å². The lowest BCUT2D eigenvalue weighted by molar-refractivity contribution is 0.102. The summed E-state index contributed by atoms with van der Waals surface area (Å²) in [4.78, 5) is 13.8. The van der Waals surface area contributed by atoms with Gasteiger partial charge >= 0.3 is 6.01 Å². The summed E-state index contributed by atoms with van der Waals surface area (Å²) in [6.45, 7) is 0. The van der Waals surface area contributed by atoms with Gasteiger partial charge in [-0.05, 0) is 54.3 Å². The highest BCUT2D eigenvalue weighted by molar-refractivity contribution is 7.98. The standard InChI is InChI=1S/C23H19N3O3S/c1-30-20-12-10-16(11-13-20)14-21-25-26-23(29-21)24-22(27)17-6-5-9-19(15-17)28-18-7-3-2-4-8-18/h2-13,15H,14H2,1H3,(H,24,26,27). The molecule has 0 aliphatic carbocycles. The van der Waals surface area contributed by atoms with E-state index < -0.39 is 0 Å². The number of para-hydroxylation sites is 1. The fraction of sp³-hybridized carbons (Fsp3) is 0.0870. The van der Waals surface area contributed by atoms with Crippen molar-refractivity contribution in [2.24, 2.45) is 0 Å². The van der Waals surface area contributed by atoms with Crippen molar-refractivity contribution >= 4 is 23.7 Å². The van der Waals surface area contributed by atoms with Gasteiger partial charge < -0.3 is 9.15 Å². The molecule has 1 amide bonds. The minimum Gasteiger partial charge on any atom is -0.457 e. The van der Waals surface area contributed by atoms with Crippen molar-refractivity contribution in [1.29, 1.82) is 0 Å². The predicted octanol–water partition coefficient (Wildman–Crippen LogP) is 5.43. The summed E-state index contributed by atoms with van der Waals surface area (Å²) in [5.74, 6) is 1.34. The summed E-state index contributed by atoms with van der Waals surface area (Å²) in [5.41, 5.74) is 1.48. The fourth-order valence-corrected chi connectivity index (χ4v) is 3.20. The molecule has 0 saturated heterocycles. The molecule has 4 aromatic rings. The molecule has 3 aromatic carbocycles. The summed E-state index contributed by atoms with van der Waals surface area (Å²) < 4.78 is 11.3. The number of aromatic nitrogens is 2. The van der Waals surface area contributed by atoms with E-state index in [1.54, 1.807) is 36.0 Å². The van der Waals surface area contributed by atoms with Gasteiger partial charge in [-0.15, -0.1) is 16.9 Å². The van der Waals surface area contributed by atoms with E-state index in [4.69, 9.17) is 9.15 Å². The average Bonchev–Trinajstić information content (AvgIpc) is 3.22. The third-order valence-corrected chi connectivity index (χ3v) is 5.02. The van der Waals surface area contributed by atoms with Crippen LogP contribution in [0.5, 0.6) is 11.5 Å². The Morgan fingerprint density at radius 2 is 1.73 bits per heavy atom. The number of benzene rings is 3. The molecule has 0 fully saturated rings. The average molecular weight is 417 g/mol. The Balaban J connectivity index is 1.40. The van der Waals surface area contributed by atoms with Crippen LogP contribution in [0.25, 0.3) is 0 Å². The number of amides is 1. The summed E-state index contributed by atoms with van der Waals surface area (Å²) in [7, 11) is 0. The second-order valence-corrected chi connectivity index (χ2v) is 7.30. The molecule has 0 spiro atoms. The molecule has 0 atom stereocenters. The number of carbonyl (C=O) groups excluding carboxylic acids is 1. The van der Waals surface area contributed by atoms with Gasteiger partial charge in [-0.2, -0.15) is 0 Å². The van der Waals surface area contributed by atoms with Crippen molar-refractivity contribution in [2.45, 2.75) is 11.3 Å². The number of rotatable bonds is 7. The molecule has 0 bridgehead atoms. The first-order valence-corrected chi connectivity index (χ1v) is 10.5. The van der Waals surface area contributed by atoms with Crippen LogP contribution in [0.15, 0.2) is 88.2 Å². The lowest BCUT2D eigenvalue weighted by atomic mass is 10.1. The molecular formula is C23H19N3O3S. The summed E-state index contributed by atoms with van der Waals surface area (Å²) in [6.07, 6.45) is 2.53. The zero-order chi connectivity index (χ0) is 20.8. The van der Waals surface area contributed by atoms with Gasteiger partial charge in [0.1, 0.15) is 11.5 Å². The van der Waals surface area contributed by atoms with Crippen molar-refractivity contribution < 1.29 is 13.9 Å². The van der Waals surface area contributed by atoms with E-state index in [-0.39, 0.29) is 11.9 Å². The van der Waals surface area contributed by atoms with E-state index in [2.05, 4.69) is 15.5 Å². The van der Waals surface area contributed by atoms with Gasteiger partial charge in [0.2, 0.25) is 5.89 Å². The highest BCUT2D eigenvalue weighted by atomic mass is 32.2. The van der Waals surface area contributed by atoms with Gasteiger partial charge in [-0.1, -0.05) is 41.5 Å². The Bertz CT molecular complexity index is 1130. The van der Waals surface area contributed by atoms with Gasteiger partial charge in [0.25, 0.3) is 5.91 Å². The second-order valence-electron chi connectivity index (χ2n) is 6.42. The fourth-order valence-electron chi connectivity index (χ4n) is 2.79. The molecule has 0 saturated carbocycles. The zero-order valence-corrected chi connectivity index (χ0v) is 17.1. The van der Waals surface area contributed by atoms with E-state index in [0.717, 1.165) is 5.56 Å². The quantitative estimate of drug-likeness (QED) is 0.404. The van der Waals surface area contributed by atoms with Gasteiger partial charge in [-0.3, -0.25) is 10.1 Å². The molecule has 6 nitrogen and oxygen atoms in total. The minimum absolute atomic E-state index is 0.0603. The zero-order valence-electron chi connectivity index (χ0n) is 16.2. The lowest BCUT2D eigenvalue weighted by Gasteiger charge is -2.07. The van der Waals surface area contributed by atoms with Crippen LogP contribution in [-0.2, 0) is 6.42 Å². The lowest BCUT2D eigenvalue weighted by Crippen LogP contribution is -2.12. The molecule has 1 N–H and O–H groups in total. The van der Waals surface area contributed by atoms with Gasteiger partial charge in [-0.25, -0.2) is 0 Å². The normalized spacial score (nSPS) is 10.6. The van der Waals surface area contributed by atoms with E-state index in [1.165, 1.54) is 4.90 Å². The predicted molar refractivity (Wildman–Crippen MR) is 116 cm³/mol. The van der Waals surface area contributed by atoms with E-state index >= 15 is 0 Å². The first-order valence-electron chi connectivity index (χ1n) is 9.29. The molecule has 0 aliphatic heterocycles. The molecule has 1 aromatic heterocycles. The number of anilines is 1. The molecule has 30 heavy (non-hydrogen) atoms.